The zero-order valence-electron chi connectivity index (χ0n) is 9.15. The zero-order valence-corrected chi connectivity index (χ0v) is 9.15. The van der Waals surface area contributed by atoms with Gasteiger partial charge in [0.1, 0.15) is 0 Å². The Bertz CT molecular complexity index is 232. The van der Waals surface area contributed by atoms with E-state index in [9.17, 15) is 5.11 Å². The van der Waals surface area contributed by atoms with Gasteiger partial charge in [-0.15, -0.1) is 0 Å². The van der Waals surface area contributed by atoms with Gasteiger partial charge in [0.15, 0.2) is 0 Å². The number of hydrogen-bond acceptors (Lipinski definition) is 1. The molecule has 2 nitrogen and oxygen atoms in total. The van der Waals surface area contributed by atoms with Crippen molar-refractivity contribution in [2.24, 2.45) is 11.8 Å². The first-order valence-corrected chi connectivity index (χ1v) is 6.21. The van der Waals surface area contributed by atoms with E-state index in [1.807, 2.05) is 0 Å². The van der Waals surface area contributed by atoms with Gasteiger partial charge >= 0.3 is 0 Å². The number of fused-ring (bicyclic) bond motifs is 2. The Morgan fingerprint density at radius 2 is 1.79 bits per heavy atom. The molecule has 3 heterocycles. The molecule has 0 aromatic carbocycles. The van der Waals surface area contributed by atoms with Gasteiger partial charge < -0.3 is 9.59 Å². The molecule has 4 rings (SSSR count). The third-order valence-electron chi connectivity index (χ3n) is 5.26. The van der Waals surface area contributed by atoms with Crippen molar-refractivity contribution in [2.45, 2.75) is 44.2 Å². The maximum atomic E-state index is 9.75. The van der Waals surface area contributed by atoms with E-state index in [1.165, 1.54) is 36.8 Å². The normalized spacial score (nSPS) is 57.0. The van der Waals surface area contributed by atoms with Crippen LogP contribution in [0.5, 0.6) is 0 Å². The molecule has 0 aromatic rings. The number of aliphatic hydroxyl groups excluding tert-OH is 1. The molecule has 14 heavy (non-hydrogen) atoms. The molecular weight excluding hydrogens is 174 g/mol. The summed E-state index contributed by atoms with van der Waals surface area (Å²) < 4.78 is 1.33. The SMILES string of the molecule is C[N+]12CCC(CC1)[C@H]1C[C@@H](O)CC[C@@H]12. The van der Waals surface area contributed by atoms with Crippen molar-refractivity contribution < 1.29 is 9.59 Å². The highest BCUT2D eigenvalue weighted by molar-refractivity contribution is 4.91. The van der Waals surface area contributed by atoms with Gasteiger partial charge in [-0.3, -0.25) is 0 Å². The number of piperidine rings is 3. The minimum absolute atomic E-state index is 0.0170. The zero-order chi connectivity index (χ0) is 9.76. The fourth-order valence-corrected chi connectivity index (χ4v) is 4.38. The molecule has 80 valence electrons. The van der Waals surface area contributed by atoms with Gasteiger partial charge in [0.25, 0.3) is 0 Å². The summed E-state index contributed by atoms with van der Waals surface area (Å²) in [5, 5.41) is 9.75. The Balaban J connectivity index is 1.87. The second-order valence-corrected chi connectivity index (χ2v) is 5.96. The van der Waals surface area contributed by atoms with Gasteiger partial charge in [0.05, 0.1) is 32.3 Å². The number of rotatable bonds is 0. The number of hydrogen-bond donors (Lipinski definition) is 1. The smallest absolute Gasteiger partial charge is 0.0921 e. The maximum absolute atomic E-state index is 9.75. The van der Waals surface area contributed by atoms with Gasteiger partial charge in [0.2, 0.25) is 0 Å². The predicted octanol–water partition coefficient (Wildman–Crippen LogP) is 1.39. The Kier molecular flexibility index (Phi) is 1.94. The minimum Gasteiger partial charge on any atom is -0.393 e. The first-order valence-electron chi connectivity index (χ1n) is 6.21. The molecule has 4 aliphatic rings. The number of nitrogens with zero attached hydrogens (tertiary/aromatic N) is 1. The lowest BCUT2D eigenvalue weighted by molar-refractivity contribution is -0.955. The van der Waals surface area contributed by atoms with E-state index in [4.69, 9.17) is 0 Å². The summed E-state index contributed by atoms with van der Waals surface area (Å²) in [6.07, 6.45) is 6.29. The Hall–Kier alpha value is -0.0800. The van der Waals surface area contributed by atoms with E-state index in [2.05, 4.69) is 7.05 Å². The minimum atomic E-state index is 0.0170. The first kappa shape index (κ1) is 9.17. The Morgan fingerprint density at radius 3 is 2.50 bits per heavy atom. The van der Waals surface area contributed by atoms with Crippen molar-refractivity contribution >= 4 is 0 Å². The predicted molar refractivity (Wildman–Crippen MR) is 55.8 cm³/mol. The molecule has 1 saturated carbocycles. The molecule has 3 atom stereocenters. The van der Waals surface area contributed by atoms with Crippen molar-refractivity contribution in [1.82, 2.24) is 0 Å². The van der Waals surface area contributed by atoms with E-state index >= 15 is 0 Å². The molecule has 0 unspecified atom stereocenters. The van der Waals surface area contributed by atoms with Crippen LogP contribution in [0.25, 0.3) is 0 Å². The standard InChI is InChI=1S/C12H22NO/c1-13-6-4-9(5-7-13)11-8-10(14)2-3-12(11)13/h9-12,14H,2-8H2,1H3/q+1/t9?,10-,11+,12-,13?/m0/s1. The average molecular weight is 196 g/mol. The third-order valence-corrected chi connectivity index (χ3v) is 5.26. The topological polar surface area (TPSA) is 20.2 Å². The summed E-state index contributed by atoms with van der Waals surface area (Å²) in [5.41, 5.74) is 0. The van der Waals surface area contributed by atoms with Crippen LogP contribution in [0.3, 0.4) is 0 Å². The summed E-state index contributed by atoms with van der Waals surface area (Å²) in [7, 11) is 2.45. The highest BCUT2D eigenvalue weighted by Crippen LogP contribution is 2.47. The quantitative estimate of drug-likeness (QED) is 0.580. The molecule has 3 saturated heterocycles. The van der Waals surface area contributed by atoms with Gasteiger partial charge in [-0.25, -0.2) is 0 Å². The molecule has 0 amide bonds. The summed E-state index contributed by atoms with van der Waals surface area (Å²) in [6.45, 7) is 2.81. The van der Waals surface area contributed by atoms with E-state index in [0.717, 1.165) is 30.7 Å². The summed E-state index contributed by atoms with van der Waals surface area (Å²) in [4.78, 5) is 0. The molecule has 0 spiro atoms. The van der Waals surface area contributed by atoms with Gasteiger partial charge in [-0.2, -0.15) is 0 Å². The van der Waals surface area contributed by atoms with Crippen LogP contribution >= 0.6 is 0 Å². The summed E-state index contributed by atoms with van der Waals surface area (Å²) >= 11 is 0. The second kappa shape index (κ2) is 2.96. The fraction of sp³-hybridized carbons (Fsp3) is 1.00. The van der Waals surface area contributed by atoms with E-state index in [1.54, 1.807) is 0 Å². The van der Waals surface area contributed by atoms with Crippen LogP contribution in [0.2, 0.25) is 0 Å². The van der Waals surface area contributed by atoms with Crippen LogP contribution in [0.15, 0.2) is 0 Å². The van der Waals surface area contributed by atoms with Crippen LogP contribution in [-0.2, 0) is 0 Å². The molecule has 2 heteroatoms. The van der Waals surface area contributed by atoms with Crippen molar-refractivity contribution in [1.29, 1.82) is 0 Å². The number of quaternary nitrogens is 1. The lowest BCUT2D eigenvalue weighted by Gasteiger charge is -2.58. The molecule has 1 N–H and O–H groups in total. The first-order chi connectivity index (χ1) is 6.69. The van der Waals surface area contributed by atoms with Crippen molar-refractivity contribution in [3.63, 3.8) is 0 Å². The average Bonchev–Trinajstić information content (AvgIpc) is 2.18. The van der Waals surface area contributed by atoms with Gasteiger partial charge in [-0.05, 0) is 18.8 Å². The second-order valence-electron chi connectivity index (χ2n) is 5.96. The van der Waals surface area contributed by atoms with E-state index in [-0.39, 0.29) is 6.10 Å². The number of aliphatic hydroxyl groups is 1. The van der Waals surface area contributed by atoms with Crippen molar-refractivity contribution in [3.8, 4) is 0 Å². The van der Waals surface area contributed by atoms with Crippen molar-refractivity contribution in [2.75, 3.05) is 20.1 Å². The summed E-state index contributed by atoms with van der Waals surface area (Å²) in [6, 6.07) is 0.894. The van der Waals surface area contributed by atoms with Gasteiger partial charge in [-0.1, -0.05) is 0 Å². The maximum Gasteiger partial charge on any atom is 0.0921 e. The van der Waals surface area contributed by atoms with Crippen LogP contribution in [0, 0.1) is 11.8 Å². The molecule has 4 fully saturated rings. The monoisotopic (exact) mass is 196 g/mol. The highest BCUT2D eigenvalue weighted by atomic mass is 16.3. The molecule has 0 aromatic heterocycles. The van der Waals surface area contributed by atoms with Crippen LogP contribution in [-0.4, -0.2) is 41.9 Å². The van der Waals surface area contributed by atoms with Crippen LogP contribution in [0.1, 0.15) is 32.1 Å². The Labute approximate surface area is 86.5 Å². The Morgan fingerprint density at radius 1 is 1.07 bits per heavy atom. The fourth-order valence-electron chi connectivity index (χ4n) is 4.38. The molecule has 2 bridgehead atoms. The third kappa shape index (κ3) is 1.17. The molecular formula is C12H22NO+. The van der Waals surface area contributed by atoms with Crippen LogP contribution in [0.4, 0.5) is 0 Å². The van der Waals surface area contributed by atoms with Gasteiger partial charge in [0, 0.05) is 25.2 Å². The van der Waals surface area contributed by atoms with E-state index < -0.39 is 0 Å². The van der Waals surface area contributed by atoms with Crippen molar-refractivity contribution in [3.05, 3.63) is 0 Å². The van der Waals surface area contributed by atoms with E-state index in [0.29, 0.717) is 0 Å². The highest BCUT2D eigenvalue weighted by Gasteiger charge is 2.52. The van der Waals surface area contributed by atoms with Crippen LogP contribution < -0.4 is 0 Å². The molecule has 0 radical (unpaired) electrons. The lowest BCUT2D eigenvalue weighted by Crippen LogP contribution is -2.67. The largest absolute Gasteiger partial charge is 0.393 e. The molecule has 3 aliphatic heterocycles. The summed E-state index contributed by atoms with van der Waals surface area (Å²) in [5.74, 6) is 1.81. The molecule has 1 aliphatic carbocycles. The lowest BCUT2D eigenvalue weighted by atomic mass is 9.66.